The number of hydrogen-bond acceptors (Lipinski definition) is 21. The first-order valence-electron chi connectivity index (χ1n) is 32.2. The second-order valence-corrected chi connectivity index (χ2v) is 24.9. The van der Waals surface area contributed by atoms with E-state index in [4.69, 9.17) is 28.6 Å². The van der Waals surface area contributed by atoms with E-state index in [2.05, 4.69) is 69.5 Å². The van der Waals surface area contributed by atoms with Gasteiger partial charge in [0.05, 0.1) is 105 Å². The minimum atomic E-state index is -0.0383. The van der Waals surface area contributed by atoms with E-state index in [1.54, 1.807) is 93.3 Å². The molecule has 0 N–H and O–H groups in total. The molecule has 27 heteroatoms. The first kappa shape index (κ1) is 67.5. The van der Waals surface area contributed by atoms with Gasteiger partial charge in [-0.2, -0.15) is 20.0 Å². The minimum Gasteiger partial charge on any atom is -0.492 e. The van der Waals surface area contributed by atoms with Gasteiger partial charge in [0.2, 0.25) is 0 Å². The number of thiophene rings is 2. The molecule has 0 saturated carbocycles. The summed E-state index contributed by atoms with van der Waals surface area (Å²) in [4.78, 5) is 81.5. The molecule has 25 nitrogen and oxygen atoms in total. The summed E-state index contributed by atoms with van der Waals surface area (Å²) in [6, 6.07) is 21.5. The largest absolute Gasteiger partial charge is 0.492 e. The Morgan fingerprint density at radius 3 is 1.64 bits per heavy atom. The van der Waals surface area contributed by atoms with Crippen molar-refractivity contribution in [1.82, 2.24) is 83.7 Å². The molecule has 9 aromatic heterocycles. The number of hydrogen-bond donors (Lipinski definition) is 0. The second-order valence-electron chi connectivity index (χ2n) is 23.0. The van der Waals surface area contributed by atoms with Crippen LogP contribution in [-0.4, -0.2) is 207 Å². The number of ether oxygens (including phenoxy) is 3. The molecule has 3 amide bonds. The van der Waals surface area contributed by atoms with Crippen LogP contribution in [0.25, 0.3) is 50.4 Å². The van der Waals surface area contributed by atoms with Crippen molar-refractivity contribution in [3.05, 3.63) is 178 Å². The van der Waals surface area contributed by atoms with Gasteiger partial charge in [-0.25, -0.2) is 39.3 Å². The second kappa shape index (κ2) is 31.5. The standard InChI is InChI=1S/C25H26N6O3.C22H26N6O2S.C22H28N6O2S/c1-3-33-23-8-5-4-7-21(23)29-12-14-30(15-13-29)24(32)19-17-27-31(18(19)2)25-26-11-10-20(28-25)22-9-6-16-34-22;1-5-30-17(4)26-8-10-27(11-9-26)21(29)18-14-24-28(16(18)3)22-23-13-15(2)20(25-22)19-7-6-12-31-19;1-4-7-26-8-10-27(11-9-26)21(29)17-14-24-28(18(17)15-30-3)22-23-13-16(2)20(25-22)19-6-5-12-31-19/h4-11,16-17H,3,12-15H2,1-2H3;6-7,12-14H,4-5,8-11H2,1-3H3;5-6,12-14H,4,7-11,15H2,1-3H3. The van der Waals surface area contributed by atoms with Gasteiger partial charge in [-0.3, -0.25) is 19.3 Å². The summed E-state index contributed by atoms with van der Waals surface area (Å²) in [6.07, 6.45) is 12.8. The van der Waals surface area contributed by atoms with Crippen molar-refractivity contribution in [2.45, 2.75) is 61.5 Å². The van der Waals surface area contributed by atoms with E-state index >= 15 is 0 Å². The Kier molecular flexibility index (Phi) is 22.1. The Morgan fingerprint density at radius 2 is 1.09 bits per heavy atom. The summed E-state index contributed by atoms with van der Waals surface area (Å²) < 4.78 is 26.9. The van der Waals surface area contributed by atoms with Gasteiger partial charge < -0.3 is 43.1 Å². The summed E-state index contributed by atoms with van der Waals surface area (Å²) in [6.45, 7) is 28.9. The van der Waals surface area contributed by atoms with Gasteiger partial charge >= 0.3 is 0 Å². The maximum Gasteiger partial charge on any atom is 0.257 e. The number of aryl methyl sites for hydroxylation is 2. The van der Waals surface area contributed by atoms with E-state index in [0.717, 1.165) is 102 Å². The summed E-state index contributed by atoms with van der Waals surface area (Å²) in [5.74, 6) is 3.39. The van der Waals surface area contributed by atoms with Crippen LogP contribution in [-0.2, 0) is 16.1 Å². The summed E-state index contributed by atoms with van der Waals surface area (Å²) in [5, 5.41) is 17.4. The molecular weight excluding hydrogens is 1260 g/mol. The van der Waals surface area contributed by atoms with Crippen LogP contribution in [0, 0.1) is 27.7 Å². The number of para-hydroxylation sites is 2. The molecular formula is C69H80N18O7S2. The molecule has 1 aromatic carbocycles. The fourth-order valence-corrected chi connectivity index (χ4v) is 13.2. The fraction of sp³-hybridized carbons (Fsp3) is 0.362. The molecule has 10 aromatic rings. The van der Waals surface area contributed by atoms with Gasteiger partial charge in [0, 0.05) is 104 Å². The number of carbonyl (C=O) groups excluding carboxylic acids is 3. The van der Waals surface area contributed by atoms with Crippen molar-refractivity contribution in [1.29, 1.82) is 0 Å². The van der Waals surface area contributed by atoms with Crippen molar-refractivity contribution >= 4 is 46.1 Å². The molecule has 3 saturated heterocycles. The molecule has 0 bridgehead atoms. The SMILES string of the molecule is C=C(OCC)N1CCN(C(=O)c2cnn(-c3ncc(C)c(-c4cccs4)n3)c2C)CC1.CCCN1CCN(C(=O)c2cnn(-c3ncc(C)c(-c4cccs4)n3)c2COC)CC1.CCOc1ccccc1N1CCN(C(=O)c2cnn(-c3nccc(-c4ccco4)n3)c2C)CC1. The Hall–Kier alpha value is -9.96. The third-order valence-electron chi connectivity index (χ3n) is 16.8. The number of amides is 3. The number of nitrogens with zero attached hydrogens (tertiary/aromatic N) is 18. The highest BCUT2D eigenvalue weighted by molar-refractivity contribution is 7.13. The fourth-order valence-electron chi connectivity index (χ4n) is 11.6. The Bertz CT molecular complexity index is 4240. The van der Waals surface area contributed by atoms with E-state index in [1.165, 1.54) is 0 Å². The summed E-state index contributed by atoms with van der Waals surface area (Å²) in [5.41, 5.74) is 9.23. The lowest BCUT2D eigenvalue weighted by molar-refractivity contribution is 0.0537. The molecule has 0 atom stereocenters. The molecule has 0 radical (unpaired) electrons. The number of furan rings is 1. The highest BCUT2D eigenvalue weighted by Crippen LogP contribution is 2.32. The molecule has 3 fully saturated rings. The zero-order valence-electron chi connectivity index (χ0n) is 55.5. The third-order valence-corrected chi connectivity index (χ3v) is 18.5. The number of benzene rings is 1. The van der Waals surface area contributed by atoms with Crippen molar-refractivity contribution in [3.63, 3.8) is 0 Å². The predicted octanol–water partition coefficient (Wildman–Crippen LogP) is 9.88. The predicted molar refractivity (Wildman–Crippen MR) is 368 cm³/mol. The number of piperazine rings is 3. The number of rotatable bonds is 19. The molecule has 3 aliphatic rings. The Morgan fingerprint density at radius 1 is 0.562 bits per heavy atom. The normalized spacial score (nSPS) is 14.2. The molecule has 0 unspecified atom stereocenters. The first-order valence-corrected chi connectivity index (χ1v) is 33.9. The topological polar surface area (TPSA) is 242 Å². The third kappa shape index (κ3) is 15.2. The van der Waals surface area contributed by atoms with Crippen LogP contribution in [0.3, 0.4) is 0 Å². The lowest BCUT2D eigenvalue weighted by Crippen LogP contribution is -2.49. The van der Waals surface area contributed by atoms with Gasteiger partial charge in [0.25, 0.3) is 35.6 Å². The van der Waals surface area contributed by atoms with Crippen LogP contribution in [0.2, 0.25) is 0 Å². The van der Waals surface area contributed by atoms with Crippen LogP contribution in [0.15, 0.2) is 138 Å². The minimum absolute atomic E-state index is 0.0139. The number of anilines is 1. The lowest BCUT2D eigenvalue weighted by atomic mass is 10.2. The first-order chi connectivity index (χ1) is 46.8. The van der Waals surface area contributed by atoms with Crippen molar-refractivity contribution in [3.8, 4) is 56.2 Å². The number of methoxy groups -OCH3 is 1. The maximum atomic E-state index is 13.3. The van der Waals surface area contributed by atoms with Gasteiger partial charge in [-0.1, -0.05) is 31.2 Å². The van der Waals surface area contributed by atoms with Gasteiger partial charge in [0.15, 0.2) is 11.6 Å². The molecule has 12 heterocycles. The van der Waals surface area contributed by atoms with Crippen molar-refractivity contribution in [2.75, 3.05) is 110 Å². The van der Waals surface area contributed by atoms with E-state index in [-0.39, 0.29) is 24.3 Å². The van der Waals surface area contributed by atoms with Crippen molar-refractivity contribution < 1.29 is 33.0 Å². The van der Waals surface area contributed by atoms with Crippen LogP contribution in [0.1, 0.15) is 86.5 Å². The average molecular weight is 1340 g/mol. The van der Waals surface area contributed by atoms with Crippen molar-refractivity contribution in [2.24, 2.45) is 0 Å². The summed E-state index contributed by atoms with van der Waals surface area (Å²) >= 11 is 3.26. The molecule has 13 rings (SSSR count). The quantitative estimate of drug-likeness (QED) is 0.0684. The monoisotopic (exact) mass is 1340 g/mol. The maximum absolute atomic E-state index is 13.3. The highest BCUT2D eigenvalue weighted by Gasteiger charge is 2.31. The highest BCUT2D eigenvalue weighted by atomic mass is 32.1. The van der Waals surface area contributed by atoms with E-state index in [9.17, 15) is 14.4 Å². The van der Waals surface area contributed by atoms with Crippen LogP contribution >= 0.6 is 22.7 Å². The van der Waals surface area contributed by atoms with Crippen LogP contribution in [0.5, 0.6) is 5.75 Å². The van der Waals surface area contributed by atoms with E-state index in [1.807, 2.05) is 122 Å². The lowest BCUT2D eigenvalue weighted by Gasteiger charge is -2.36. The molecule has 3 aliphatic heterocycles. The number of aromatic nitrogens is 12. The average Bonchev–Trinajstić information content (AvgIpc) is 1.71. The molecule has 96 heavy (non-hydrogen) atoms. The van der Waals surface area contributed by atoms with Crippen LogP contribution < -0.4 is 9.64 Å². The summed E-state index contributed by atoms with van der Waals surface area (Å²) in [7, 11) is 1.61. The Balaban J connectivity index is 0.000000147. The smallest absolute Gasteiger partial charge is 0.257 e. The molecule has 0 spiro atoms. The molecule has 500 valence electrons. The van der Waals surface area contributed by atoms with Gasteiger partial charge in [0.1, 0.15) is 11.4 Å². The zero-order valence-corrected chi connectivity index (χ0v) is 57.1. The van der Waals surface area contributed by atoms with E-state index < -0.39 is 0 Å². The van der Waals surface area contributed by atoms with Gasteiger partial charge in [-0.05, 0) is 125 Å². The number of carbonyl (C=O) groups is 3. The Labute approximate surface area is 566 Å². The zero-order chi connectivity index (χ0) is 67.2. The van der Waals surface area contributed by atoms with Gasteiger partial charge in [-0.15, -0.1) is 22.7 Å². The van der Waals surface area contributed by atoms with Crippen LogP contribution in [0.4, 0.5) is 5.69 Å². The molecule has 0 aliphatic carbocycles. The van der Waals surface area contributed by atoms with E-state index in [0.29, 0.717) is 116 Å².